The maximum absolute atomic E-state index is 13.8. The quantitative estimate of drug-likeness (QED) is 0.0930. The third-order valence-electron chi connectivity index (χ3n) is 9.34. The number of ether oxygens (including phenoxy) is 1. The van der Waals surface area contributed by atoms with Gasteiger partial charge in [0.05, 0.1) is 24.7 Å². The first kappa shape index (κ1) is 36.4. The van der Waals surface area contributed by atoms with Crippen LogP contribution < -0.4 is 9.08 Å². The Balaban J connectivity index is 1.37. The van der Waals surface area contributed by atoms with Gasteiger partial charge in [-0.3, -0.25) is 4.79 Å². The van der Waals surface area contributed by atoms with Crippen LogP contribution in [0.25, 0.3) is 11.1 Å². The Morgan fingerprint density at radius 2 is 1.53 bits per heavy atom. The van der Waals surface area contributed by atoms with Gasteiger partial charge < -0.3 is 44.5 Å². The van der Waals surface area contributed by atoms with E-state index in [1.807, 2.05) is 0 Å². The molecule has 4 aromatic carbocycles. The van der Waals surface area contributed by atoms with Crippen LogP contribution in [0.4, 0.5) is 10.1 Å². The van der Waals surface area contributed by atoms with Gasteiger partial charge in [0.15, 0.2) is 0 Å². The van der Waals surface area contributed by atoms with Gasteiger partial charge in [-0.05, 0) is 72.0 Å². The number of amides is 1. The predicted molar refractivity (Wildman–Crippen MR) is 182 cm³/mol. The van der Waals surface area contributed by atoms with Gasteiger partial charge in [-0.25, -0.2) is 4.39 Å². The number of aliphatic hydroxyl groups excluding tert-OH is 5. The summed E-state index contributed by atoms with van der Waals surface area (Å²) < 4.78 is 52.0. The Morgan fingerprint density at radius 3 is 2.22 bits per heavy atom. The molecule has 14 heteroatoms. The molecule has 0 spiro atoms. The van der Waals surface area contributed by atoms with Crippen LogP contribution in [0.3, 0.4) is 0 Å². The van der Waals surface area contributed by atoms with Gasteiger partial charge in [0.1, 0.15) is 53.6 Å². The molecule has 2 aliphatic heterocycles. The number of aromatic hydroxyl groups is 1. The molecule has 6 rings (SSSR count). The molecule has 2 saturated heterocycles. The predicted octanol–water partition coefficient (Wildman–Crippen LogP) is 2.97. The van der Waals surface area contributed by atoms with E-state index in [1.54, 1.807) is 54.6 Å². The number of halogens is 1. The Morgan fingerprint density at radius 1 is 0.843 bits per heavy atom. The monoisotopic (exact) mass is 723 g/mol. The zero-order valence-corrected chi connectivity index (χ0v) is 28.0. The molecule has 0 aliphatic carbocycles. The zero-order valence-electron chi connectivity index (χ0n) is 27.1. The second kappa shape index (κ2) is 15.1. The number of nitrogens with zero attached hydrogens (tertiary/aromatic N) is 1. The van der Waals surface area contributed by atoms with Crippen molar-refractivity contribution in [1.82, 2.24) is 0 Å². The Labute approximate surface area is 293 Å². The highest BCUT2D eigenvalue weighted by Crippen LogP contribution is 2.49. The van der Waals surface area contributed by atoms with Crippen molar-refractivity contribution in [3.63, 3.8) is 0 Å². The van der Waals surface area contributed by atoms with E-state index >= 15 is 0 Å². The lowest BCUT2D eigenvalue weighted by Crippen LogP contribution is -2.60. The van der Waals surface area contributed by atoms with Crippen molar-refractivity contribution in [3.8, 4) is 22.6 Å². The van der Waals surface area contributed by atoms with E-state index in [1.165, 1.54) is 47.4 Å². The number of anilines is 1. The first-order valence-electron chi connectivity index (χ1n) is 16.3. The first-order chi connectivity index (χ1) is 24.4. The molecule has 270 valence electrons. The fourth-order valence-corrected chi connectivity index (χ4v) is 7.82. The fourth-order valence-electron chi connectivity index (χ4n) is 6.66. The normalized spacial score (nSPS) is 25.6. The highest BCUT2D eigenvalue weighted by molar-refractivity contribution is 7.87. The third-order valence-corrected chi connectivity index (χ3v) is 10.5. The molecule has 8 atom stereocenters. The molecule has 2 heterocycles. The third kappa shape index (κ3) is 7.77. The molecule has 0 bridgehead atoms. The summed E-state index contributed by atoms with van der Waals surface area (Å²) in [7, 11) is -4.65. The van der Waals surface area contributed by atoms with Crippen molar-refractivity contribution in [2.75, 3.05) is 17.3 Å². The lowest BCUT2D eigenvalue weighted by Gasteiger charge is -2.48. The largest absolute Gasteiger partial charge is 0.508 e. The Hall–Kier alpha value is -4.41. The average molecular weight is 724 g/mol. The smallest absolute Gasteiger partial charge is 0.311 e. The topological polar surface area (TPSA) is 194 Å². The molecule has 2 fully saturated rings. The summed E-state index contributed by atoms with van der Waals surface area (Å²) in [5.41, 5.74) is 2.31. The SMILES string of the molecule is O=C1C(CCC(O)c2ccc(F)cc2)C(c2ccc(-c3cccc(O)c3)cc2OS(=O)(=O)CC2OC(CO)C(O)C(O)C2O)N1c1ccccc1. The number of β-lactam (4-membered cyclic amide) rings is 1. The van der Waals surface area contributed by atoms with Crippen LogP contribution in [-0.2, 0) is 19.6 Å². The number of phenolic OH excluding ortho intramolecular Hbond substituents is 1. The van der Waals surface area contributed by atoms with E-state index in [9.17, 15) is 48.2 Å². The summed E-state index contributed by atoms with van der Waals surface area (Å²) in [4.78, 5) is 15.3. The van der Waals surface area contributed by atoms with Crippen molar-refractivity contribution < 1.29 is 57.2 Å². The van der Waals surface area contributed by atoms with E-state index in [2.05, 4.69) is 0 Å². The minimum atomic E-state index is -4.65. The van der Waals surface area contributed by atoms with Gasteiger partial charge in [0.2, 0.25) is 5.91 Å². The number of rotatable bonds is 12. The number of phenols is 1. The molecule has 0 saturated carbocycles. The number of para-hydroxylation sites is 1. The van der Waals surface area contributed by atoms with E-state index in [-0.39, 0.29) is 30.2 Å². The lowest BCUT2D eigenvalue weighted by atomic mass is 9.77. The molecule has 6 N–H and O–H groups in total. The maximum Gasteiger partial charge on any atom is 0.311 e. The number of carbonyl (C=O) groups is 1. The number of aliphatic hydroxyl groups is 5. The molecule has 0 radical (unpaired) electrons. The number of hydrogen-bond acceptors (Lipinski definition) is 11. The van der Waals surface area contributed by atoms with Crippen molar-refractivity contribution >= 4 is 21.7 Å². The van der Waals surface area contributed by atoms with Gasteiger partial charge in [-0.2, -0.15) is 8.42 Å². The molecule has 51 heavy (non-hydrogen) atoms. The number of carbonyl (C=O) groups excluding carboxylic acids is 1. The van der Waals surface area contributed by atoms with Crippen molar-refractivity contribution in [2.24, 2.45) is 5.92 Å². The van der Waals surface area contributed by atoms with Gasteiger partial charge in [0.25, 0.3) is 0 Å². The van der Waals surface area contributed by atoms with Crippen LogP contribution in [0, 0.1) is 11.7 Å². The molecule has 1 amide bonds. The van der Waals surface area contributed by atoms with Crippen LogP contribution >= 0.6 is 0 Å². The summed E-state index contributed by atoms with van der Waals surface area (Å²) in [6, 6.07) is 24.4. The average Bonchev–Trinajstić information content (AvgIpc) is 3.11. The number of hydrogen-bond donors (Lipinski definition) is 6. The molecular weight excluding hydrogens is 685 g/mol. The van der Waals surface area contributed by atoms with Gasteiger partial charge in [0, 0.05) is 11.3 Å². The van der Waals surface area contributed by atoms with E-state index in [4.69, 9.17) is 8.92 Å². The standard InChI is InChI=1S/C37H38FNO11S/c38-24-12-9-21(10-13-24)29(42)16-15-28-33(39(37(28)46)25-6-2-1-3-7-25)27-14-11-23(22-5-4-8-26(41)17-22)18-30(27)50-51(47,48)20-32-35(44)36(45)34(43)31(19-40)49-32/h1-14,17-18,28-29,31-36,40-45H,15-16,19-20H2. The van der Waals surface area contributed by atoms with Gasteiger partial charge >= 0.3 is 10.1 Å². The van der Waals surface area contributed by atoms with Crippen LogP contribution in [0.5, 0.6) is 11.5 Å². The Kier molecular flexibility index (Phi) is 10.7. The summed E-state index contributed by atoms with van der Waals surface area (Å²) in [6.45, 7) is -0.749. The maximum atomic E-state index is 13.8. The molecule has 12 nitrogen and oxygen atoms in total. The second-order valence-electron chi connectivity index (χ2n) is 12.7. The molecule has 0 aromatic heterocycles. The summed E-state index contributed by atoms with van der Waals surface area (Å²) in [5, 5.41) is 61.6. The van der Waals surface area contributed by atoms with Gasteiger partial charge in [-0.15, -0.1) is 0 Å². The van der Waals surface area contributed by atoms with Crippen molar-refractivity contribution in [1.29, 1.82) is 0 Å². The summed E-state index contributed by atoms with van der Waals surface area (Å²) in [5.74, 6) is -2.63. The first-order valence-corrected chi connectivity index (χ1v) is 17.9. The van der Waals surface area contributed by atoms with Crippen LogP contribution in [0.1, 0.15) is 36.1 Å². The van der Waals surface area contributed by atoms with Crippen molar-refractivity contribution in [2.45, 2.75) is 55.5 Å². The highest BCUT2D eigenvalue weighted by atomic mass is 32.2. The Bertz CT molecular complexity index is 1940. The zero-order chi connectivity index (χ0) is 36.4. The molecular formula is C37H38FNO11S. The van der Waals surface area contributed by atoms with Crippen molar-refractivity contribution in [3.05, 3.63) is 114 Å². The fraction of sp³-hybridized carbons (Fsp3) is 0.324. The van der Waals surface area contributed by atoms with Crippen LogP contribution in [0.2, 0.25) is 0 Å². The summed E-state index contributed by atoms with van der Waals surface area (Å²) >= 11 is 0. The van der Waals surface area contributed by atoms with E-state index < -0.39 is 76.9 Å². The van der Waals surface area contributed by atoms with Gasteiger partial charge in [-0.1, -0.05) is 54.6 Å². The lowest BCUT2D eigenvalue weighted by molar-refractivity contribution is -0.223. The van der Waals surface area contributed by atoms with Crippen LogP contribution in [-0.4, -0.2) is 87.8 Å². The van der Waals surface area contributed by atoms with E-state index in [0.717, 1.165) is 0 Å². The number of benzene rings is 4. The second-order valence-corrected chi connectivity index (χ2v) is 14.3. The highest BCUT2D eigenvalue weighted by Gasteiger charge is 2.50. The molecule has 4 aromatic rings. The molecule has 8 unspecified atom stereocenters. The molecule has 2 aliphatic rings. The van der Waals surface area contributed by atoms with Crippen LogP contribution in [0.15, 0.2) is 97.1 Å². The summed E-state index contributed by atoms with van der Waals surface area (Å²) in [6.07, 6.45) is -8.91. The minimum Gasteiger partial charge on any atom is -0.508 e. The van der Waals surface area contributed by atoms with E-state index in [0.29, 0.717) is 27.9 Å². The minimum absolute atomic E-state index is 0.0334.